The Kier molecular flexibility index (Phi) is 3.34. The van der Waals surface area contributed by atoms with Crippen LogP contribution in [0.15, 0.2) is 45.6 Å². The van der Waals surface area contributed by atoms with Crippen molar-refractivity contribution in [2.75, 3.05) is 0 Å². The second kappa shape index (κ2) is 5.83. The van der Waals surface area contributed by atoms with E-state index in [9.17, 15) is 4.79 Å². The number of benzene rings is 1. The van der Waals surface area contributed by atoms with E-state index < -0.39 is 0 Å². The van der Waals surface area contributed by atoms with E-state index in [1.807, 2.05) is 24.3 Å². The Hall–Kier alpha value is -3.42. The first-order valence-electron chi connectivity index (χ1n) is 8.42. The molecule has 1 aromatic carbocycles. The van der Waals surface area contributed by atoms with E-state index >= 15 is 0 Å². The zero-order valence-electron chi connectivity index (χ0n) is 13.7. The number of hydrogen-bond donors (Lipinski definition) is 2. The number of hydrogen-bond acceptors (Lipinski definition) is 6. The number of rotatable bonds is 5. The highest BCUT2D eigenvalue weighted by Crippen LogP contribution is 2.40. The first-order chi connectivity index (χ1) is 12.8. The maximum atomic E-state index is 12.4. The molecule has 8 heteroatoms. The van der Waals surface area contributed by atoms with Crippen LogP contribution in [0, 0.1) is 0 Å². The normalized spacial score (nSPS) is 14.0. The van der Waals surface area contributed by atoms with Crippen LogP contribution in [0.4, 0.5) is 0 Å². The summed E-state index contributed by atoms with van der Waals surface area (Å²) in [5, 5.41) is 11.6. The molecular formula is C18H15N5O3. The molecule has 1 fully saturated rings. The highest BCUT2D eigenvalue weighted by molar-refractivity contribution is 6.06. The number of carbonyl (C=O) groups excluding carboxylic acids is 1. The summed E-state index contributed by atoms with van der Waals surface area (Å²) in [6, 6.07) is 9.25. The van der Waals surface area contributed by atoms with Gasteiger partial charge >= 0.3 is 0 Å². The van der Waals surface area contributed by atoms with Crippen LogP contribution in [-0.4, -0.2) is 26.2 Å². The van der Waals surface area contributed by atoms with Gasteiger partial charge in [0.15, 0.2) is 5.69 Å². The van der Waals surface area contributed by atoms with Crippen LogP contribution >= 0.6 is 0 Å². The van der Waals surface area contributed by atoms with Crippen molar-refractivity contribution < 1.29 is 13.8 Å². The summed E-state index contributed by atoms with van der Waals surface area (Å²) in [5.41, 5.74) is 2.05. The Morgan fingerprint density at radius 3 is 3.04 bits per heavy atom. The maximum Gasteiger partial charge on any atom is 0.252 e. The first-order valence-corrected chi connectivity index (χ1v) is 8.42. The monoisotopic (exact) mass is 349 g/mol. The topological polar surface area (TPSA) is 110 Å². The molecule has 130 valence electrons. The average Bonchev–Trinajstić information content (AvgIpc) is 3.08. The molecule has 1 aliphatic carbocycles. The number of amides is 1. The maximum absolute atomic E-state index is 12.4. The molecule has 1 amide bonds. The Morgan fingerprint density at radius 2 is 2.15 bits per heavy atom. The van der Waals surface area contributed by atoms with E-state index in [0.717, 1.165) is 29.5 Å². The van der Waals surface area contributed by atoms with Gasteiger partial charge in [0.2, 0.25) is 11.7 Å². The quantitative estimate of drug-likeness (QED) is 0.573. The molecule has 0 saturated heterocycles. The van der Waals surface area contributed by atoms with Crippen molar-refractivity contribution in [3.63, 3.8) is 0 Å². The minimum atomic E-state index is -0.201. The molecule has 1 saturated carbocycles. The third-order valence-corrected chi connectivity index (χ3v) is 4.45. The number of carbonyl (C=O) groups is 1. The standard InChI is InChI=1S/C18H15N5O3/c24-18(12-2-1-3-13-11(12)6-7-19-13)20-9-16-21-17(23-26-16)14-8-15(25-22-14)10-4-5-10/h1-3,6-8,10,19H,4-5,9H2,(H,20,24). The van der Waals surface area contributed by atoms with Crippen LogP contribution in [0.2, 0.25) is 0 Å². The van der Waals surface area contributed by atoms with Gasteiger partial charge in [0.1, 0.15) is 5.76 Å². The molecule has 8 nitrogen and oxygen atoms in total. The van der Waals surface area contributed by atoms with E-state index in [1.54, 1.807) is 12.3 Å². The summed E-state index contributed by atoms with van der Waals surface area (Å²) < 4.78 is 10.5. The molecule has 1 aliphatic rings. The summed E-state index contributed by atoms with van der Waals surface area (Å²) in [4.78, 5) is 19.8. The highest BCUT2D eigenvalue weighted by atomic mass is 16.5. The van der Waals surface area contributed by atoms with Gasteiger partial charge in [0.05, 0.1) is 6.54 Å². The number of H-pyrrole nitrogens is 1. The Morgan fingerprint density at radius 1 is 1.23 bits per heavy atom. The number of nitrogens with zero attached hydrogens (tertiary/aromatic N) is 3. The van der Waals surface area contributed by atoms with E-state index in [0.29, 0.717) is 28.9 Å². The number of aromatic amines is 1. The lowest BCUT2D eigenvalue weighted by Crippen LogP contribution is -2.23. The smallest absolute Gasteiger partial charge is 0.252 e. The minimum Gasteiger partial charge on any atom is -0.361 e. The third-order valence-electron chi connectivity index (χ3n) is 4.45. The van der Waals surface area contributed by atoms with Gasteiger partial charge in [-0.3, -0.25) is 4.79 Å². The van der Waals surface area contributed by atoms with Crippen LogP contribution in [0.5, 0.6) is 0 Å². The fraction of sp³-hybridized carbons (Fsp3) is 0.222. The van der Waals surface area contributed by atoms with Crippen molar-refractivity contribution in [1.82, 2.24) is 25.6 Å². The van der Waals surface area contributed by atoms with Gasteiger partial charge in [-0.2, -0.15) is 4.98 Å². The molecule has 26 heavy (non-hydrogen) atoms. The Labute approximate surface area is 147 Å². The molecule has 0 unspecified atom stereocenters. The van der Waals surface area contributed by atoms with Gasteiger partial charge in [-0.15, -0.1) is 0 Å². The van der Waals surface area contributed by atoms with Crippen LogP contribution in [0.3, 0.4) is 0 Å². The minimum absolute atomic E-state index is 0.139. The van der Waals surface area contributed by atoms with E-state index in [2.05, 4.69) is 25.6 Å². The SMILES string of the molecule is O=C(NCc1nc(-c2cc(C3CC3)on2)no1)c1cccc2[nH]ccc12. The zero-order chi connectivity index (χ0) is 17.5. The summed E-state index contributed by atoms with van der Waals surface area (Å²) >= 11 is 0. The average molecular weight is 349 g/mol. The Balaban J connectivity index is 1.29. The lowest BCUT2D eigenvalue weighted by molar-refractivity contribution is 0.0948. The van der Waals surface area contributed by atoms with Gasteiger partial charge in [-0.05, 0) is 31.0 Å². The summed E-state index contributed by atoms with van der Waals surface area (Å²) in [7, 11) is 0. The first kappa shape index (κ1) is 14.9. The Bertz CT molecular complexity index is 1090. The molecule has 0 atom stereocenters. The summed E-state index contributed by atoms with van der Waals surface area (Å²) in [6.45, 7) is 0.139. The summed E-state index contributed by atoms with van der Waals surface area (Å²) in [6.07, 6.45) is 4.07. The third kappa shape index (κ3) is 2.65. The van der Waals surface area contributed by atoms with Gasteiger partial charge in [-0.25, -0.2) is 0 Å². The lowest BCUT2D eigenvalue weighted by Gasteiger charge is -2.03. The number of aromatic nitrogens is 4. The number of nitrogens with one attached hydrogen (secondary N) is 2. The molecule has 0 aliphatic heterocycles. The lowest BCUT2D eigenvalue weighted by atomic mass is 10.1. The molecule has 0 radical (unpaired) electrons. The zero-order valence-corrected chi connectivity index (χ0v) is 13.7. The summed E-state index contributed by atoms with van der Waals surface area (Å²) in [5.74, 6) is 1.80. The van der Waals surface area contributed by atoms with Crippen LogP contribution in [0.25, 0.3) is 22.4 Å². The van der Waals surface area contributed by atoms with E-state index in [1.165, 1.54) is 0 Å². The molecule has 5 rings (SSSR count). The predicted octanol–water partition coefficient (Wildman–Crippen LogP) is 3.01. The molecule has 2 N–H and O–H groups in total. The van der Waals surface area contributed by atoms with Crippen molar-refractivity contribution in [2.45, 2.75) is 25.3 Å². The molecule has 3 aromatic heterocycles. The van der Waals surface area contributed by atoms with Gasteiger partial charge in [0, 0.05) is 34.6 Å². The van der Waals surface area contributed by atoms with Gasteiger partial charge in [-0.1, -0.05) is 16.4 Å². The molecule has 4 aromatic rings. The van der Waals surface area contributed by atoms with E-state index in [-0.39, 0.29) is 12.5 Å². The highest BCUT2D eigenvalue weighted by Gasteiger charge is 2.28. The molecule has 3 heterocycles. The fourth-order valence-corrected chi connectivity index (χ4v) is 2.92. The molecular weight excluding hydrogens is 334 g/mol. The van der Waals surface area contributed by atoms with Crippen LogP contribution in [0.1, 0.15) is 40.8 Å². The largest absolute Gasteiger partial charge is 0.361 e. The second-order valence-electron chi connectivity index (χ2n) is 6.33. The van der Waals surface area contributed by atoms with Crippen molar-refractivity contribution in [3.05, 3.63) is 53.7 Å². The molecule has 0 bridgehead atoms. The fourth-order valence-electron chi connectivity index (χ4n) is 2.92. The van der Waals surface area contributed by atoms with Crippen LogP contribution < -0.4 is 5.32 Å². The van der Waals surface area contributed by atoms with Crippen molar-refractivity contribution >= 4 is 16.8 Å². The van der Waals surface area contributed by atoms with Crippen LogP contribution in [-0.2, 0) is 6.54 Å². The van der Waals surface area contributed by atoms with Crippen molar-refractivity contribution in [3.8, 4) is 11.5 Å². The van der Waals surface area contributed by atoms with E-state index in [4.69, 9.17) is 9.05 Å². The molecule has 0 spiro atoms. The van der Waals surface area contributed by atoms with Crippen molar-refractivity contribution in [1.29, 1.82) is 0 Å². The predicted molar refractivity (Wildman–Crippen MR) is 91.2 cm³/mol. The number of fused-ring (bicyclic) bond motifs is 1. The van der Waals surface area contributed by atoms with Crippen molar-refractivity contribution in [2.24, 2.45) is 0 Å². The van der Waals surface area contributed by atoms with Gasteiger partial charge in [0.25, 0.3) is 5.91 Å². The second-order valence-corrected chi connectivity index (χ2v) is 6.33. The van der Waals surface area contributed by atoms with Gasteiger partial charge < -0.3 is 19.3 Å².